The molecule has 0 atom stereocenters. The molecule has 0 bridgehead atoms. The predicted octanol–water partition coefficient (Wildman–Crippen LogP) is 4.44. The number of nitrogens with one attached hydrogen (secondary N) is 1. The number of rotatable bonds is 5. The van der Waals surface area contributed by atoms with E-state index in [1.54, 1.807) is 13.0 Å². The van der Waals surface area contributed by atoms with Crippen molar-refractivity contribution in [1.29, 1.82) is 0 Å². The highest BCUT2D eigenvalue weighted by Crippen LogP contribution is 2.26. The van der Waals surface area contributed by atoms with Gasteiger partial charge in [0.15, 0.2) is 0 Å². The average molecular weight is 368 g/mol. The number of carboxylic acids is 1. The van der Waals surface area contributed by atoms with Crippen molar-refractivity contribution in [2.75, 3.05) is 5.43 Å². The van der Waals surface area contributed by atoms with Gasteiger partial charge in [0.2, 0.25) is 0 Å². The second-order valence-electron chi connectivity index (χ2n) is 4.73. The Morgan fingerprint density at radius 1 is 1.17 bits per heavy atom. The summed E-state index contributed by atoms with van der Waals surface area (Å²) in [6.45, 7) is 1.63. The van der Waals surface area contributed by atoms with E-state index in [9.17, 15) is 14.9 Å². The molecule has 0 aliphatic rings. The first-order valence-corrected chi connectivity index (χ1v) is 7.32. The number of aromatic carboxylic acids is 1. The molecule has 0 fully saturated rings. The second kappa shape index (κ2) is 7.29. The molecule has 0 saturated carbocycles. The topological polar surface area (TPSA) is 105 Å². The normalized spacial score (nSPS) is 11.2. The van der Waals surface area contributed by atoms with E-state index in [4.69, 9.17) is 28.3 Å². The summed E-state index contributed by atoms with van der Waals surface area (Å²) in [6.07, 6.45) is 0. The molecule has 7 nitrogen and oxygen atoms in total. The van der Waals surface area contributed by atoms with Gasteiger partial charge in [0.25, 0.3) is 5.69 Å². The van der Waals surface area contributed by atoms with Crippen LogP contribution in [-0.2, 0) is 0 Å². The minimum Gasteiger partial charge on any atom is -0.478 e. The van der Waals surface area contributed by atoms with Crippen molar-refractivity contribution in [3.05, 3.63) is 67.7 Å². The zero-order chi connectivity index (χ0) is 17.9. The third-order valence-corrected chi connectivity index (χ3v) is 3.77. The molecule has 0 aliphatic carbocycles. The molecule has 2 aromatic carbocycles. The summed E-state index contributed by atoms with van der Waals surface area (Å²) >= 11 is 11.8. The number of nitro groups is 1. The molecule has 0 aromatic heterocycles. The molecule has 2 N–H and O–H groups in total. The molecule has 2 aromatic rings. The number of anilines is 1. The smallest absolute Gasteiger partial charge is 0.335 e. The highest BCUT2D eigenvalue weighted by Gasteiger charge is 2.14. The molecule has 0 radical (unpaired) electrons. The van der Waals surface area contributed by atoms with Crippen LogP contribution in [0, 0.1) is 10.1 Å². The van der Waals surface area contributed by atoms with Crippen molar-refractivity contribution in [3.63, 3.8) is 0 Å². The molecule has 124 valence electrons. The molecule has 0 unspecified atom stereocenters. The van der Waals surface area contributed by atoms with Crippen LogP contribution in [0.4, 0.5) is 11.4 Å². The summed E-state index contributed by atoms with van der Waals surface area (Å²) in [4.78, 5) is 21.3. The van der Waals surface area contributed by atoms with Crippen molar-refractivity contribution in [3.8, 4) is 0 Å². The lowest BCUT2D eigenvalue weighted by Gasteiger charge is -2.07. The van der Waals surface area contributed by atoms with Gasteiger partial charge in [0.1, 0.15) is 5.02 Å². The van der Waals surface area contributed by atoms with Crippen molar-refractivity contribution >= 4 is 46.3 Å². The molecule has 0 heterocycles. The number of hydrazone groups is 1. The number of nitrogens with zero attached hydrogens (tertiary/aromatic N) is 2. The van der Waals surface area contributed by atoms with Crippen molar-refractivity contribution in [2.24, 2.45) is 5.10 Å². The summed E-state index contributed by atoms with van der Waals surface area (Å²) in [7, 11) is 0. The SMILES string of the molecule is C/C(=N/Nc1cc(C(=O)O)ccc1Cl)c1ccc(Cl)c([N+](=O)[O-])c1. The maximum atomic E-state index is 11.0. The van der Waals surface area contributed by atoms with Gasteiger partial charge in [0, 0.05) is 11.6 Å². The maximum Gasteiger partial charge on any atom is 0.335 e. The number of benzene rings is 2. The second-order valence-corrected chi connectivity index (χ2v) is 5.55. The van der Waals surface area contributed by atoms with E-state index in [0.29, 0.717) is 22.0 Å². The maximum absolute atomic E-state index is 11.0. The Labute approximate surface area is 146 Å². The van der Waals surface area contributed by atoms with Crippen LogP contribution in [0.15, 0.2) is 41.5 Å². The van der Waals surface area contributed by atoms with Crippen LogP contribution < -0.4 is 5.43 Å². The third-order valence-electron chi connectivity index (χ3n) is 3.12. The highest BCUT2D eigenvalue weighted by molar-refractivity contribution is 6.33. The van der Waals surface area contributed by atoms with E-state index in [0.717, 1.165) is 0 Å². The van der Waals surface area contributed by atoms with Gasteiger partial charge in [-0.1, -0.05) is 29.3 Å². The van der Waals surface area contributed by atoms with Gasteiger partial charge in [0.05, 0.1) is 26.9 Å². The van der Waals surface area contributed by atoms with Crippen LogP contribution in [0.3, 0.4) is 0 Å². The standard InChI is InChI=1S/C15H11Cl2N3O4/c1-8(9-2-5-12(17)14(7-9)20(23)24)18-19-13-6-10(15(21)22)3-4-11(13)16/h2-7,19H,1H3,(H,21,22)/b18-8-. The Kier molecular flexibility index (Phi) is 5.38. The molecular formula is C15H11Cl2N3O4. The van der Waals surface area contributed by atoms with E-state index in [1.807, 2.05) is 0 Å². The fourth-order valence-electron chi connectivity index (χ4n) is 1.83. The van der Waals surface area contributed by atoms with Gasteiger partial charge >= 0.3 is 5.97 Å². The Bertz CT molecular complexity index is 853. The van der Waals surface area contributed by atoms with Gasteiger partial charge in [-0.3, -0.25) is 15.5 Å². The molecule has 9 heteroatoms. The third kappa shape index (κ3) is 4.01. The molecule has 24 heavy (non-hydrogen) atoms. The molecule has 0 amide bonds. The van der Waals surface area contributed by atoms with Gasteiger partial charge in [-0.05, 0) is 31.2 Å². The Morgan fingerprint density at radius 2 is 1.79 bits per heavy atom. The zero-order valence-corrected chi connectivity index (χ0v) is 13.8. The first-order valence-electron chi connectivity index (χ1n) is 6.57. The number of hydrogen-bond acceptors (Lipinski definition) is 5. The number of carboxylic acid groups (broad SMARTS) is 1. The van der Waals surface area contributed by atoms with Gasteiger partial charge in [-0.15, -0.1) is 0 Å². The monoisotopic (exact) mass is 367 g/mol. The summed E-state index contributed by atoms with van der Waals surface area (Å²) in [6, 6.07) is 8.45. The molecule has 0 aliphatic heterocycles. The average Bonchev–Trinajstić information content (AvgIpc) is 2.53. The van der Waals surface area contributed by atoms with E-state index < -0.39 is 10.9 Å². The molecule has 0 saturated heterocycles. The largest absolute Gasteiger partial charge is 0.478 e. The first kappa shape index (κ1) is 17.7. The lowest BCUT2D eigenvalue weighted by atomic mass is 10.1. The lowest BCUT2D eigenvalue weighted by molar-refractivity contribution is -0.384. The molecule has 0 spiro atoms. The summed E-state index contributed by atoms with van der Waals surface area (Å²) in [5.41, 5.74) is 3.72. The van der Waals surface area contributed by atoms with Crippen LogP contribution in [0.5, 0.6) is 0 Å². The number of hydrogen-bond donors (Lipinski definition) is 2. The van der Waals surface area contributed by atoms with Crippen molar-refractivity contribution in [2.45, 2.75) is 6.92 Å². The van der Waals surface area contributed by atoms with Crippen LogP contribution in [0.2, 0.25) is 10.0 Å². The quantitative estimate of drug-likeness (QED) is 0.461. The van der Waals surface area contributed by atoms with Gasteiger partial charge in [-0.2, -0.15) is 5.10 Å². The Morgan fingerprint density at radius 3 is 2.42 bits per heavy atom. The van der Waals surface area contributed by atoms with Crippen LogP contribution in [-0.4, -0.2) is 21.7 Å². The van der Waals surface area contributed by atoms with Crippen LogP contribution >= 0.6 is 23.2 Å². The van der Waals surface area contributed by atoms with Gasteiger partial charge in [-0.25, -0.2) is 4.79 Å². The fraction of sp³-hybridized carbons (Fsp3) is 0.0667. The van der Waals surface area contributed by atoms with Crippen LogP contribution in [0.1, 0.15) is 22.8 Å². The van der Waals surface area contributed by atoms with E-state index in [-0.39, 0.29) is 16.3 Å². The lowest BCUT2D eigenvalue weighted by Crippen LogP contribution is -2.03. The zero-order valence-electron chi connectivity index (χ0n) is 12.3. The molecular weight excluding hydrogens is 357 g/mol. The van der Waals surface area contributed by atoms with E-state index >= 15 is 0 Å². The number of nitro benzene ring substituents is 1. The van der Waals surface area contributed by atoms with Crippen molar-refractivity contribution in [1.82, 2.24) is 0 Å². The van der Waals surface area contributed by atoms with Crippen molar-refractivity contribution < 1.29 is 14.8 Å². The van der Waals surface area contributed by atoms with E-state index in [2.05, 4.69) is 10.5 Å². The fourth-order valence-corrected chi connectivity index (χ4v) is 2.18. The highest BCUT2D eigenvalue weighted by atomic mass is 35.5. The molecule has 2 rings (SSSR count). The van der Waals surface area contributed by atoms with Crippen LogP contribution in [0.25, 0.3) is 0 Å². The minimum absolute atomic E-state index is 0.0294. The summed E-state index contributed by atoms with van der Waals surface area (Å²) in [5.74, 6) is -1.09. The summed E-state index contributed by atoms with van der Waals surface area (Å²) in [5, 5.41) is 24.3. The first-order chi connectivity index (χ1) is 11.3. The van der Waals surface area contributed by atoms with E-state index in [1.165, 1.54) is 30.3 Å². The predicted molar refractivity (Wildman–Crippen MR) is 92.4 cm³/mol. The van der Waals surface area contributed by atoms with Gasteiger partial charge < -0.3 is 5.11 Å². The summed E-state index contributed by atoms with van der Waals surface area (Å²) < 4.78 is 0. The number of halogens is 2. The Hall–Kier alpha value is -2.64. The Balaban J connectivity index is 2.30. The minimum atomic E-state index is -1.09. The number of carbonyl (C=O) groups is 1.